The number of carbonyl (C=O) groups excluding carboxylic acids is 1. The van der Waals surface area contributed by atoms with E-state index in [0.29, 0.717) is 43.3 Å². The van der Waals surface area contributed by atoms with Gasteiger partial charge in [-0.15, -0.1) is 0 Å². The number of carbonyl (C=O) groups is 1. The van der Waals surface area contributed by atoms with E-state index in [9.17, 15) is 13.2 Å². The molecule has 3 heterocycles. The van der Waals surface area contributed by atoms with Crippen molar-refractivity contribution >= 4 is 15.9 Å². The fourth-order valence-corrected chi connectivity index (χ4v) is 5.39. The van der Waals surface area contributed by atoms with E-state index >= 15 is 0 Å². The summed E-state index contributed by atoms with van der Waals surface area (Å²) in [7, 11) is -1.49. The maximum absolute atomic E-state index is 12.6. The van der Waals surface area contributed by atoms with Gasteiger partial charge in [0.05, 0.1) is 11.7 Å². The molecule has 1 unspecified atom stereocenters. The summed E-state index contributed by atoms with van der Waals surface area (Å²) in [6.07, 6.45) is 4.28. The van der Waals surface area contributed by atoms with E-state index in [1.807, 2.05) is 19.3 Å². The Bertz CT molecular complexity index is 981. The average Bonchev–Trinajstić information content (AvgIpc) is 3.29. The number of aromatic nitrogens is 3. The minimum Gasteiger partial charge on any atom is -0.348 e. The van der Waals surface area contributed by atoms with Crippen LogP contribution in [0.3, 0.4) is 0 Å². The highest BCUT2D eigenvalue weighted by molar-refractivity contribution is 7.88. The summed E-state index contributed by atoms with van der Waals surface area (Å²) >= 11 is 0. The topological polar surface area (TPSA) is 110 Å². The van der Waals surface area contributed by atoms with E-state index < -0.39 is 15.4 Å². The predicted octanol–water partition coefficient (Wildman–Crippen LogP) is 0.438. The van der Waals surface area contributed by atoms with Crippen molar-refractivity contribution in [1.29, 1.82) is 0 Å². The lowest BCUT2D eigenvalue weighted by atomic mass is 9.80. The molecule has 27 heavy (non-hydrogen) atoms. The molecule has 0 spiro atoms. The van der Waals surface area contributed by atoms with Crippen LogP contribution in [0.5, 0.6) is 0 Å². The molecule has 1 saturated heterocycles. The number of nitrogens with zero attached hydrogens (tertiary/aromatic N) is 4. The van der Waals surface area contributed by atoms with Gasteiger partial charge in [-0.3, -0.25) is 4.79 Å². The predicted molar refractivity (Wildman–Crippen MR) is 96.5 cm³/mol. The molecule has 9 nitrogen and oxygen atoms in total. The smallest absolute Gasteiger partial charge is 0.268 e. The molecule has 0 radical (unpaired) electrons. The molecular formula is C17H23N5O4S. The first-order valence-corrected chi connectivity index (χ1v) is 10.7. The second kappa shape index (κ2) is 6.16. The first-order chi connectivity index (χ1) is 12.7. The molecule has 4 rings (SSSR count). The van der Waals surface area contributed by atoms with Crippen LogP contribution in [0, 0.1) is 12.8 Å². The van der Waals surface area contributed by atoms with Crippen LogP contribution in [-0.2, 0) is 22.5 Å². The molecule has 2 fully saturated rings. The minimum atomic E-state index is -3.31. The van der Waals surface area contributed by atoms with Gasteiger partial charge in [-0.1, -0.05) is 5.16 Å². The van der Waals surface area contributed by atoms with Gasteiger partial charge in [-0.25, -0.2) is 12.7 Å². The third-order valence-corrected chi connectivity index (χ3v) is 6.99. The number of sulfonamides is 1. The molecule has 0 aromatic carbocycles. The Morgan fingerprint density at radius 2 is 2.22 bits per heavy atom. The monoisotopic (exact) mass is 393 g/mol. The fourth-order valence-electron chi connectivity index (χ4n) is 4.47. The van der Waals surface area contributed by atoms with Gasteiger partial charge >= 0.3 is 0 Å². The molecule has 0 bridgehead atoms. The van der Waals surface area contributed by atoms with Crippen molar-refractivity contribution in [1.82, 2.24) is 24.3 Å². The Morgan fingerprint density at radius 1 is 1.44 bits per heavy atom. The third-order valence-electron chi connectivity index (χ3n) is 5.78. The van der Waals surface area contributed by atoms with Crippen LogP contribution >= 0.6 is 0 Å². The molecule has 2 aromatic heterocycles. The summed E-state index contributed by atoms with van der Waals surface area (Å²) in [6, 6.07) is 3.52. The standard InChI is InChI=1S/C17H23N5O4S/c1-11-18-16(26-20-11)17-8-13(19-15(23)14-5-4-6-21(14)2)7-12(17)9-22(10-17)27(3,24)25/h4-6,12-13H,7-10H2,1-3H3,(H,19,23)/t12?,13-,17+/m1/s1. The van der Waals surface area contributed by atoms with Gasteiger partial charge in [-0.05, 0) is 37.8 Å². The van der Waals surface area contributed by atoms with Crippen molar-refractivity contribution in [2.45, 2.75) is 31.2 Å². The zero-order valence-corrected chi connectivity index (χ0v) is 16.4. The summed E-state index contributed by atoms with van der Waals surface area (Å²) in [5.74, 6) is 0.870. The number of hydrogen-bond donors (Lipinski definition) is 1. The van der Waals surface area contributed by atoms with Crippen LogP contribution in [0.4, 0.5) is 0 Å². The zero-order chi connectivity index (χ0) is 19.4. The molecule has 1 aliphatic carbocycles. The summed E-state index contributed by atoms with van der Waals surface area (Å²) in [5, 5.41) is 6.99. The van der Waals surface area contributed by atoms with E-state index in [2.05, 4.69) is 15.5 Å². The number of aryl methyl sites for hydroxylation is 2. The van der Waals surface area contributed by atoms with Gasteiger partial charge in [0.25, 0.3) is 5.91 Å². The SMILES string of the molecule is Cc1noc([C@]23C[C@H](NC(=O)c4cccn4C)CC2CN(S(C)(=O)=O)C3)n1. The van der Waals surface area contributed by atoms with Gasteiger partial charge in [0.2, 0.25) is 15.9 Å². The Labute approximate surface area is 157 Å². The Kier molecular flexibility index (Phi) is 4.15. The number of nitrogens with one attached hydrogen (secondary N) is 1. The van der Waals surface area contributed by atoms with Crippen LogP contribution in [0.1, 0.15) is 35.0 Å². The molecule has 2 aromatic rings. The van der Waals surface area contributed by atoms with Crippen LogP contribution in [0.15, 0.2) is 22.9 Å². The molecule has 3 atom stereocenters. The van der Waals surface area contributed by atoms with Crippen LogP contribution in [0.2, 0.25) is 0 Å². The molecule has 1 amide bonds. The van der Waals surface area contributed by atoms with E-state index in [4.69, 9.17) is 4.52 Å². The van der Waals surface area contributed by atoms with Gasteiger partial charge in [-0.2, -0.15) is 4.98 Å². The largest absolute Gasteiger partial charge is 0.348 e. The maximum Gasteiger partial charge on any atom is 0.268 e. The van der Waals surface area contributed by atoms with Crippen molar-refractivity contribution in [3.05, 3.63) is 35.7 Å². The zero-order valence-electron chi connectivity index (χ0n) is 15.5. The third kappa shape index (κ3) is 3.06. The highest BCUT2D eigenvalue weighted by atomic mass is 32.2. The Hall–Kier alpha value is -2.20. The molecule has 10 heteroatoms. The highest BCUT2D eigenvalue weighted by Crippen LogP contribution is 2.50. The van der Waals surface area contributed by atoms with Crippen LogP contribution in [0.25, 0.3) is 0 Å². The highest BCUT2D eigenvalue weighted by Gasteiger charge is 2.59. The molecule has 146 valence electrons. The van der Waals surface area contributed by atoms with E-state index in [-0.39, 0.29) is 17.9 Å². The second-order valence-electron chi connectivity index (χ2n) is 7.67. The second-order valence-corrected chi connectivity index (χ2v) is 9.65. The number of rotatable bonds is 4. The van der Waals surface area contributed by atoms with E-state index in [1.54, 1.807) is 17.6 Å². The van der Waals surface area contributed by atoms with Gasteiger partial charge < -0.3 is 14.4 Å². The van der Waals surface area contributed by atoms with Crippen LogP contribution < -0.4 is 5.32 Å². The minimum absolute atomic E-state index is 0.0192. The van der Waals surface area contributed by atoms with Gasteiger partial charge in [0, 0.05) is 32.4 Å². The number of fused-ring (bicyclic) bond motifs is 1. The first-order valence-electron chi connectivity index (χ1n) is 8.87. The van der Waals surface area contributed by atoms with Crippen molar-refractivity contribution in [2.75, 3.05) is 19.3 Å². The normalized spacial score (nSPS) is 28.4. The van der Waals surface area contributed by atoms with E-state index in [1.165, 1.54) is 10.6 Å². The van der Waals surface area contributed by atoms with E-state index in [0.717, 1.165) is 0 Å². The lowest BCUT2D eigenvalue weighted by Gasteiger charge is -2.24. The lowest BCUT2D eigenvalue weighted by Crippen LogP contribution is -2.39. The summed E-state index contributed by atoms with van der Waals surface area (Å²) < 4.78 is 32.9. The number of hydrogen-bond acceptors (Lipinski definition) is 6. The quantitative estimate of drug-likeness (QED) is 0.807. The van der Waals surface area contributed by atoms with Crippen LogP contribution in [-0.4, -0.2) is 58.7 Å². The summed E-state index contributed by atoms with van der Waals surface area (Å²) in [6.45, 7) is 2.44. The van der Waals surface area contributed by atoms with Gasteiger partial charge in [0.15, 0.2) is 5.82 Å². The average molecular weight is 393 g/mol. The van der Waals surface area contributed by atoms with Crippen molar-refractivity contribution in [2.24, 2.45) is 13.0 Å². The van der Waals surface area contributed by atoms with Gasteiger partial charge in [0.1, 0.15) is 5.69 Å². The Balaban J connectivity index is 1.59. The lowest BCUT2D eigenvalue weighted by molar-refractivity contribution is 0.0926. The van der Waals surface area contributed by atoms with Crippen molar-refractivity contribution in [3.8, 4) is 0 Å². The molecule has 1 N–H and O–H groups in total. The molecule has 1 saturated carbocycles. The maximum atomic E-state index is 12.6. The molecule has 1 aliphatic heterocycles. The Morgan fingerprint density at radius 3 is 2.81 bits per heavy atom. The summed E-state index contributed by atoms with van der Waals surface area (Å²) in [4.78, 5) is 17.0. The fraction of sp³-hybridized carbons (Fsp3) is 0.588. The summed E-state index contributed by atoms with van der Waals surface area (Å²) in [5.41, 5.74) is 0.0313. The van der Waals surface area contributed by atoms with Crippen molar-refractivity contribution < 1.29 is 17.7 Å². The first kappa shape index (κ1) is 18.2. The number of amides is 1. The molecular weight excluding hydrogens is 370 g/mol. The molecule has 2 aliphatic rings. The van der Waals surface area contributed by atoms with Crippen molar-refractivity contribution in [3.63, 3.8) is 0 Å².